The molecule has 1 amide bonds. The van der Waals surface area contributed by atoms with E-state index in [1.807, 2.05) is 18.2 Å². The van der Waals surface area contributed by atoms with Gasteiger partial charge in [-0.1, -0.05) is 49.7 Å². The number of fused-ring (bicyclic) bond motifs is 3. The van der Waals surface area contributed by atoms with Crippen molar-refractivity contribution in [2.24, 2.45) is 5.92 Å². The van der Waals surface area contributed by atoms with Crippen LogP contribution in [0.5, 0.6) is 0 Å². The Bertz CT molecular complexity index is 920. The highest BCUT2D eigenvalue weighted by Gasteiger charge is 2.38. The fourth-order valence-electron chi connectivity index (χ4n) is 4.71. The SMILES string of the molecule is CCN(CC)CCNC(=O)c1ccc2c(c1)C1C=CCC1C(c1ccc(Cl)cc1)N2. The van der Waals surface area contributed by atoms with Gasteiger partial charge in [0.05, 0.1) is 6.04 Å². The van der Waals surface area contributed by atoms with Gasteiger partial charge in [-0.3, -0.25) is 4.79 Å². The summed E-state index contributed by atoms with van der Waals surface area (Å²) >= 11 is 6.09. The number of halogens is 1. The standard InChI is InChI=1S/C25H30ClN3O/c1-3-29(4-2)15-14-27-25(30)18-10-13-23-22(16-18)20-6-5-7-21(20)24(28-23)17-8-11-19(26)12-9-17/h5-6,8-13,16,20-21,24,28H,3-4,7,14-15H2,1-2H3,(H,27,30). The second-order valence-corrected chi connectivity index (χ2v) is 8.55. The number of amides is 1. The highest BCUT2D eigenvalue weighted by atomic mass is 35.5. The van der Waals surface area contributed by atoms with Crippen LogP contribution in [-0.4, -0.2) is 37.0 Å². The van der Waals surface area contributed by atoms with Crippen molar-refractivity contribution in [1.29, 1.82) is 0 Å². The maximum absolute atomic E-state index is 12.7. The molecule has 3 unspecified atom stereocenters. The highest BCUT2D eigenvalue weighted by Crippen LogP contribution is 2.49. The number of allylic oxidation sites excluding steroid dienone is 2. The fraction of sp³-hybridized carbons (Fsp3) is 0.400. The number of rotatable bonds is 7. The first kappa shape index (κ1) is 21.0. The molecule has 2 aromatic carbocycles. The molecule has 5 heteroatoms. The Morgan fingerprint density at radius 2 is 1.93 bits per heavy atom. The zero-order chi connectivity index (χ0) is 21.1. The Morgan fingerprint density at radius 1 is 1.17 bits per heavy atom. The van der Waals surface area contributed by atoms with Crippen LogP contribution in [0.2, 0.25) is 5.02 Å². The molecule has 4 nitrogen and oxygen atoms in total. The van der Waals surface area contributed by atoms with E-state index in [9.17, 15) is 4.79 Å². The summed E-state index contributed by atoms with van der Waals surface area (Å²) in [7, 11) is 0. The first-order chi connectivity index (χ1) is 14.6. The predicted octanol–water partition coefficient (Wildman–Crippen LogP) is 5.24. The second-order valence-electron chi connectivity index (χ2n) is 8.11. The lowest BCUT2D eigenvalue weighted by molar-refractivity contribution is 0.0949. The Labute approximate surface area is 184 Å². The van der Waals surface area contributed by atoms with E-state index in [4.69, 9.17) is 11.6 Å². The Balaban J connectivity index is 1.51. The third kappa shape index (κ3) is 4.26. The maximum atomic E-state index is 12.7. The number of carbonyl (C=O) groups excluding carboxylic acids is 1. The summed E-state index contributed by atoms with van der Waals surface area (Å²) in [4.78, 5) is 15.0. The van der Waals surface area contributed by atoms with Gasteiger partial charge in [0.15, 0.2) is 0 Å². The molecule has 1 heterocycles. The van der Waals surface area contributed by atoms with E-state index < -0.39 is 0 Å². The van der Waals surface area contributed by atoms with E-state index >= 15 is 0 Å². The number of hydrogen-bond donors (Lipinski definition) is 2. The Hall–Kier alpha value is -2.30. The van der Waals surface area contributed by atoms with Crippen molar-refractivity contribution in [2.75, 3.05) is 31.5 Å². The van der Waals surface area contributed by atoms with Gasteiger partial charge in [0.1, 0.15) is 0 Å². The number of likely N-dealkylation sites (N-methyl/N-ethyl adjacent to an activating group) is 1. The summed E-state index contributed by atoms with van der Waals surface area (Å²) < 4.78 is 0. The van der Waals surface area contributed by atoms with Crippen LogP contribution in [0.4, 0.5) is 5.69 Å². The summed E-state index contributed by atoms with van der Waals surface area (Å²) in [6.45, 7) is 7.83. The van der Waals surface area contributed by atoms with Gasteiger partial charge in [-0.25, -0.2) is 0 Å². The van der Waals surface area contributed by atoms with Gasteiger partial charge >= 0.3 is 0 Å². The van der Waals surface area contributed by atoms with Gasteiger partial charge in [-0.05, 0) is 66.9 Å². The molecule has 2 aliphatic rings. The molecule has 158 valence electrons. The highest BCUT2D eigenvalue weighted by molar-refractivity contribution is 6.30. The quantitative estimate of drug-likeness (QED) is 0.598. The molecule has 1 aliphatic heterocycles. The lowest BCUT2D eigenvalue weighted by Crippen LogP contribution is -2.35. The average molecular weight is 424 g/mol. The fourth-order valence-corrected chi connectivity index (χ4v) is 4.83. The van der Waals surface area contributed by atoms with Gasteiger partial charge in [0.25, 0.3) is 5.91 Å². The third-order valence-electron chi connectivity index (χ3n) is 6.46. The summed E-state index contributed by atoms with van der Waals surface area (Å²) in [6, 6.07) is 14.4. The number of carbonyl (C=O) groups is 1. The van der Waals surface area contributed by atoms with Crippen LogP contribution in [0.25, 0.3) is 0 Å². The van der Waals surface area contributed by atoms with Crippen LogP contribution in [0.15, 0.2) is 54.6 Å². The first-order valence-corrected chi connectivity index (χ1v) is 11.3. The molecular formula is C25H30ClN3O. The molecule has 3 atom stereocenters. The van der Waals surface area contributed by atoms with E-state index in [0.717, 1.165) is 42.3 Å². The van der Waals surface area contributed by atoms with Gasteiger partial charge in [0, 0.05) is 35.3 Å². The minimum absolute atomic E-state index is 0.00306. The van der Waals surface area contributed by atoms with Crippen molar-refractivity contribution in [3.63, 3.8) is 0 Å². The molecule has 30 heavy (non-hydrogen) atoms. The summed E-state index contributed by atoms with van der Waals surface area (Å²) in [5.74, 6) is 0.772. The molecule has 0 saturated carbocycles. The van der Waals surface area contributed by atoms with Gasteiger partial charge in [0.2, 0.25) is 0 Å². The summed E-state index contributed by atoms with van der Waals surface area (Å²) in [5.41, 5.74) is 4.32. The normalized spacial score (nSPS) is 21.8. The number of nitrogens with zero attached hydrogens (tertiary/aromatic N) is 1. The minimum atomic E-state index is 0.00306. The summed E-state index contributed by atoms with van der Waals surface area (Å²) in [6.07, 6.45) is 5.60. The van der Waals surface area contributed by atoms with Crippen LogP contribution in [0.1, 0.15) is 53.7 Å². The minimum Gasteiger partial charge on any atom is -0.378 e. The number of benzene rings is 2. The zero-order valence-electron chi connectivity index (χ0n) is 17.7. The molecule has 0 bridgehead atoms. The molecule has 0 radical (unpaired) electrons. The van der Waals surface area contributed by atoms with Crippen LogP contribution >= 0.6 is 11.6 Å². The van der Waals surface area contributed by atoms with Crippen molar-refractivity contribution in [3.8, 4) is 0 Å². The molecule has 0 spiro atoms. The smallest absolute Gasteiger partial charge is 0.251 e. The Kier molecular flexibility index (Phi) is 6.45. The van der Waals surface area contributed by atoms with E-state index in [1.54, 1.807) is 0 Å². The molecule has 4 rings (SSSR count). The molecule has 0 saturated heterocycles. The number of hydrogen-bond acceptors (Lipinski definition) is 3. The maximum Gasteiger partial charge on any atom is 0.251 e. The van der Waals surface area contributed by atoms with Gasteiger partial charge < -0.3 is 15.5 Å². The molecular weight excluding hydrogens is 394 g/mol. The van der Waals surface area contributed by atoms with Crippen molar-refractivity contribution < 1.29 is 4.79 Å². The lowest BCUT2D eigenvalue weighted by atomic mass is 9.76. The molecule has 1 aliphatic carbocycles. The molecule has 0 fully saturated rings. The van der Waals surface area contributed by atoms with Crippen LogP contribution < -0.4 is 10.6 Å². The van der Waals surface area contributed by atoms with E-state index in [2.05, 4.69) is 65.8 Å². The monoisotopic (exact) mass is 423 g/mol. The van der Waals surface area contributed by atoms with E-state index in [1.165, 1.54) is 11.1 Å². The molecule has 2 aromatic rings. The summed E-state index contributed by atoms with van der Waals surface area (Å²) in [5, 5.41) is 7.55. The van der Waals surface area contributed by atoms with Crippen molar-refractivity contribution >= 4 is 23.2 Å². The number of nitrogens with one attached hydrogen (secondary N) is 2. The van der Waals surface area contributed by atoms with Gasteiger partial charge in [-0.15, -0.1) is 0 Å². The largest absolute Gasteiger partial charge is 0.378 e. The average Bonchev–Trinajstić information content (AvgIpc) is 3.27. The van der Waals surface area contributed by atoms with Crippen molar-refractivity contribution in [2.45, 2.75) is 32.2 Å². The number of anilines is 1. The lowest BCUT2D eigenvalue weighted by Gasteiger charge is -2.37. The van der Waals surface area contributed by atoms with E-state index in [0.29, 0.717) is 18.4 Å². The van der Waals surface area contributed by atoms with Gasteiger partial charge in [-0.2, -0.15) is 0 Å². The molecule has 0 aromatic heterocycles. The third-order valence-corrected chi connectivity index (χ3v) is 6.71. The van der Waals surface area contributed by atoms with Crippen molar-refractivity contribution in [3.05, 3.63) is 76.3 Å². The van der Waals surface area contributed by atoms with Crippen LogP contribution in [-0.2, 0) is 0 Å². The van der Waals surface area contributed by atoms with Crippen molar-refractivity contribution in [1.82, 2.24) is 10.2 Å². The first-order valence-electron chi connectivity index (χ1n) is 10.9. The zero-order valence-corrected chi connectivity index (χ0v) is 18.5. The Morgan fingerprint density at radius 3 is 2.67 bits per heavy atom. The van der Waals surface area contributed by atoms with Crippen LogP contribution in [0.3, 0.4) is 0 Å². The second kappa shape index (κ2) is 9.23. The van der Waals surface area contributed by atoms with E-state index in [-0.39, 0.29) is 11.9 Å². The van der Waals surface area contributed by atoms with Crippen LogP contribution in [0, 0.1) is 5.92 Å². The predicted molar refractivity (Wildman–Crippen MR) is 124 cm³/mol. The topological polar surface area (TPSA) is 44.4 Å². The molecule has 2 N–H and O–H groups in total.